The number of aromatic nitrogens is 3. The second-order valence-corrected chi connectivity index (χ2v) is 8.68. The third-order valence-corrected chi connectivity index (χ3v) is 6.32. The van der Waals surface area contributed by atoms with Crippen molar-refractivity contribution in [2.45, 2.75) is 53.6 Å². The van der Waals surface area contributed by atoms with Gasteiger partial charge in [0, 0.05) is 30.5 Å². The van der Waals surface area contributed by atoms with Crippen LogP contribution in [0.5, 0.6) is 5.75 Å². The van der Waals surface area contributed by atoms with Crippen LogP contribution in [0.15, 0.2) is 53.3 Å². The molecule has 0 saturated carbocycles. The van der Waals surface area contributed by atoms with E-state index in [1.807, 2.05) is 52.0 Å². The first-order valence-corrected chi connectivity index (χ1v) is 12.2. The zero-order valence-electron chi connectivity index (χ0n) is 21.1. The summed E-state index contributed by atoms with van der Waals surface area (Å²) in [5.41, 5.74) is 4.15. The summed E-state index contributed by atoms with van der Waals surface area (Å²) < 4.78 is 22.6. The van der Waals surface area contributed by atoms with Gasteiger partial charge in [0.1, 0.15) is 17.2 Å². The SMILES string of the molecule is CCOc1ccc(CNC(=O)CCc2c(C)c3c(C)nn(-c4cccc(F)c4)c3n(CC)c2=O)cc1. The fraction of sp³-hybridized carbons (Fsp3) is 0.321. The van der Waals surface area contributed by atoms with Gasteiger partial charge in [-0.25, -0.2) is 9.07 Å². The number of pyridine rings is 1. The molecular weight excluding hydrogens is 459 g/mol. The van der Waals surface area contributed by atoms with E-state index in [0.29, 0.717) is 43.0 Å². The molecular formula is C28H31FN4O3. The van der Waals surface area contributed by atoms with Crippen LogP contribution in [0.2, 0.25) is 0 Å². The molecule has 7 nitrogen and oxygen atoms in total. The summed E-state index contributed by atoms with van der Waals surface area (Å²) in [7, 11) is 0. The molecule has 4 rings (SSSR count). The van der Waals surface area contributed by atoms with E-state index < -0.39 is 0 Å². The average molecular weight is 491 g/mol. The van der Waals surface area contributed by atoms with Crippen molar-refractivity contribution in [2.75, 3.05) is 6.61 Å². The Kier molecular flexibility index (Phi) is 7.52. The number of benzene rings is 2. The van der Waals surface area contributed by atoms with Gasteiger partial charge in [0.05, 0.1) is 18.0 Å². The fourth-order valence-electron chi connectivity index (χ4n) is 4.55. The van der Waals surface area contributed by atoms with Crippen LogP contribution in [0.25, 0.3) is 16.7 Å². The van der Waals surface area contributed by atoms with Gasteiger partial charge in [-0.2, -0.15) is 5.10 Å². The summed E-state index contributed by atoms with van der Waals surface area (Å²) in [6, 6.07) is 13.7. The Labute approximate surface area is 209 Å². The lowest BCUT2D eigenvalue weighted by Crippen LogP contribution is -2.28. The van der Waals surface area contributed by atoms with Crippen LogP contribution in [-0.4, -0.2) is 26.9 Å². The Balaban J connectivity index is 1.57. The number of nitrogens with zero attached hydrogens (tertiary/aromatic N) is 3. The second-order valence-electron chi connectivity index (χ2n) is 8.68. The Morgan fingerprint density at radius 1 is 1.11 bits per heavy atom. The minimum atomic E-state index is -0.371. The molecule has 0 aliphatic rings. The van der Waals surface area contributed by atoms with Crippen LogP contribution in [0.3, 0.4) is 0 Å². The Morgan fingerprint density at radius 2 is 1.86 bits per heavy atom. The van der Waals surface area contributed by atoms with E-state index >= 15 is 0 Å². The molecule has 2 aromatic carbocycles. The lowest BCUT2D eigenvalue weighted by atomic mass is 10.0. The number of carbonyl (C=O) groups excluding carboxylic acids is 1. The van der Waals surface area contributed by atoms with E-state index in [2.05, 4.69) is 10.4 Å². The lowest BCUT2D eigenvalue weighted by molar-refractivity contribution is -0.121. The summed E-state index contributed by atoms with van der Waals surface area (Å²) in [6.45, 7) is 9.02. The first kappa shape index (κ1) is 25.2. The number of fused-ring (bicyclic) bond motifs is 1. The maximum Gasteiger partial charge on any atom is 0.255 e. The normalized spacial score (nSPS) is 11.1. The topological polar surface area (TPSA) is 78.2 Å². The van der Waals surface area contributed by atoms with Gasteiger partial charge < -0.3 is 10.1 Å². The number of halogens is 1. The molecule has 4 aromatic rings. The van der Waals surface area contributed by atoms with Crippen molar-refractivity contribution in [1.29, 1.82) is 0 Å². The van der Waals surface area contributed by atoms with E-state index in [0.717, 1.165) is 28.0 Å². The third-order valence-electron chi connectivity index (χ3n) is 6.32. The number of rotatable bonds is 9. The average Bonchev–Trinajstić information content (AvgIpc) is 3.21. The summed E-state index contributed by atoms with van der Waals surface area (Å²) in [5, 5.41) is 8.41. The molecule has 36 heavy (non-hydrogen) atoms. The van der Waals surface area contributed by atoms with Crippen LogP contribution in [0.4, 0.5) is 4.39 Å². The summed E-state index contributed by atoms with van der Waals surface area (Å²) in [4.78, 5) is 26.1. The molecule has 8 heteroatoms. The largest absolute Gasteiger partial charge is 0.494 e. The Morgan fingerprint density at radius 3 is 2.53 bits per heavy atom. The maximum atomic E-state index is 13.9. The highest BCUT2D eigenvalue weighted by Gasteiger charge is 2.21. The van der Waals surface area contributed by atoms with Crippen LogP contribution in [0, 0.1) is 19.7 Å². The minimum Gasteiger partial charge on any atom is -0.494 e. The number of ether oxygens (including phenoxy) is 1. The van der Waals surface area contributed by atoms with Gasteiger partial charge >= 0.3 is 0 Å². The molecule has 0 fully saturated rings. The van der Waals surface area contributed by atoms with Crippen molar-refractivity contribution in [2.24, 2.45) is 0 Å². The predicted octanol–water partition coefficient (Wildman–Crippen LogP) is 4.61. The molecule has 0 spiro atoms. The molecule has 0 aliphatic heterocycles. The van der Waals surface area contributed by atoms with E-state index in [4.69, 9.17) is 4.74 Å². The summed E-state index contributed by atoms with van der Waals surface area (Å²) >= 11 is 0. The van der Waals surface area contributed by atoms with Gasteiger partial charge in [-0.3, -0.25) is 14.2 Å². The van der Waals surface area contributed by atoms with Gasteiger partial charge in [-0.05, 0) is 75.6 Å². The molecule has 0 unspecified atom stereocenters. The van der Waals surface area contributed by atoms with Crippen molar-refractivity contribution in [1.82, 2.24) is 19.7 Å². The van der Waals surface area contributed by atoms with Crippen molar-refractivity contribution in [3.8, 4) is 11.4 Å². The Bertz CT molecular complexity index is 1450. The van der Waals surface area contributed by atoms with Gasteiger partial charge in [0.15, 0.2) is 0 Å². The number of carbonyl (C=O) groups is 1. The molecule has 0 bridgehead atoms. The summed E-state index contributed by atoms with van der Waals surface area (Å²) in [5.74, 6) is 0.295. The lowest BCUT2D eigenvalue weighted by Gasteiger charge is -2.14. The zero-order valence-corrected chi connectivity index (χ0v) is 21.1. The Hall–Kier alpha value is -3.94. The van der Waals surface area contributed by atoms with E-state index in [1.54, 1.807) is 21.4 Å². The van der Waals surface area contributed by atoms with E-state index in [-0.39, 0.29) is 23.7 Å². The smallest absolute Gasteiger partial charge is 0.255 e. The van der Waals surface area contributed by atoms with Gasteiger partial charge in [-0.1, -0.05) is 18.2 Å². The standard InChI is InChI=1S/C28H31FN4O3/c1-5-32-27-26(19(4)31-33(27)22-9-7-8-21(29)16-22)18(3)24(28(32)35)14-15-25(34)30-17-20-10-12-23(13-11-20)36-6-2/h7-13,16H,5-6,14-15,17H2,1-4H3,(H,30,34). The highest BCUT2D eigenvalue weighted by atomic mass is 19.1. The first-order valence-electron chi connectivity index (χ1n) is 12.2. The van der Waals surface area contributed by atoms with Crippen LogP contribution in [-0.2, 0) is 24.3 Å². The number of nitrogens with one attached hydrogen (secondary N) is 1. The second kappa shape index (κ2) is 10.8. The van der Waals surface area contributed by atoms with Crippen molar-refractivity contribution in [3.05, 3.63) is 87.1 Å². The van der Waals surface area contributed by atoms with Crippen LogP contribution >= 0.6 is 0 Å². The molecule has 1 N–H and O–H groups in total. The number of hydrogen-bond donors (Lipinski definition) is 1. The molecule has 2 heterocycles. The molecule has 0 radical (unpaired) electrons. The molecule has 0 saturated heterocycles. The molecule has 1 amide bonds. The predicted molar refractivity (Wildman–Crippen MR) is 138 cm³/mol. The van der Waals surface area contributed by atoms with Crippen molar-refractivity contribution < 1.29 is 13.9 Å². The number of hydrogen-bond acceptors (Lipinski definition) is 4. The summed E-state index contributed by atoms with van der Waals surface area (Å²) in [6.07, 6.45) is 0.514. The molecule has 0 aliphatic carbocycles. The molecule has 188 valence electrons. The van der Waals surface area contributed by atoms with E-state index in [1.165, 1.54) is 12.1 Å². The maximum absolute atomic E-state index is 13.9. The van der Waals surface area contributed by atoms with Crippen molar-refractivity contribution >= 4 is 16.9 Å². The zero-order chi connectivity index (χ0) is 25.8. The molecule has 0 atom stereocenters. The number of aryl methyl sites for hydroxylation is 3. The quantitative estimate of drug-likeness (QED) is 0.372. The monoisotopic (exact) mass is 490 g/mol. The minimum absolute atomic E-state index is 0.127. The number of amides is 1. The van der Waals surface area contributed by atoms with Gasteiger partial charge in [-0.15, -0.1) is 0 Å². The highest BCUT2D eigenvalue weighted by Crippen LogP contribution is 2.26. The van der Waals surface area contributed by atoms with Crippen LogP contribution in [0.1, 0.15) is 42.7 Å². The van der Waals surface area contributed by atoms with Gasteiger partial charge in [0.2, 0.25) is 5.91 Å². The third kappa shape index (κ3) is 5.03. The highest BCUT2D eigenvalue weighted by molar-refractivity contribution is 5.85. The van der Waals surface area contributed by atoms with Crippen molar-refractivity contribution in [3.63, 3.8) is 0 Å². The van der Waals surface area contributed by atoms with Gasteiger partial charge in [0.25, 0.3) is 5.56 Å². The fourth-order valence-corrected chi connectivity index (χ4v) is 4.55. The van der Waals surface area contributed by atoms with E-state index in [9.17, 15) is 14.0 Å². The molecule has 2 aromatic heterocycles. The first-order chi connectivity index (χ1) is 17.3. The van der Waals surface area contributed by atoms with Crippen LogP contribution < -0.4 is 15.6 Å².